The van der Waals surface area contributed by atoms with E-state index in [1.54, 1.807) is 0 Å². The van der Waals surface area contributed by atoms with E-state index in [0.29, 0.717) is 0 Å². The highest BCUT2D eigenvalue weighted by Crippen LogP contribution is 2.38. The number of rotatable bonds is 1. The average molecular weight is 235 g/mol. The van der Waals surface area contributed by atoms with Crippen LogP contribution in [-0.4, -0.2) is 62.2 Å². The van der Waals surface area contributed by atoms with Crippen molar-refractivity contribution >= 4 is 12.9 Å². The van der Waals surface area contributed by atoms with Crippen LogP contribution in [0, 0.1) is 0 Å². The Kier molecular flexibility index (Phi) is 2.50. The molecule has 0 amide bonds. The zero-order valence-electron chi connectivity index (χ0n) is 8.18. The van der Waals surface area contributed by atoms with Gasteiger partial charge in [-0.05, 0) is 0 Å². The number of aliphatic hydroxyl groups excluding tert-OH is 1. The molecule has 1 heterocycles. The van der Waals surface area contributed by atoms with Crippen LogP contribution in [0.5, 0.6) is 0 Å². The van der Waals surface area contributed by atoms with Gasteiger partial charge < -0.3 is 34.7 Å². The molecule has 9 heteroatoms. The highest BCUT2D eigenvalue weighted by Gasteiger charge is 2.55. The van der Waals surface area contributed by atoms with Crippen LogP contribution in [0.25, 0.3) is 0 Å². The number of hydrogen-bond acceptors (Lipinski definition) is 7. The molecular weight excluding hydrogens is 223 g/mol. The summed E-state index contributed by atoms with van der Waals surface area (Å²) in [6.07, 6.45) is -4.23. The van der Waals surface area contributed by atoms with E-state index in [4.69, 9.17) is 15.2 Å². The quantitative estimate of drug-likeness (QED) is 0.306. The zero-order chi connectivity index (χ0) is 12.1. The van der Waals surface area contributed by atoms with Crippen molar-refractivity contribution in [3.05, 3.63) is 0 Å². The highest BCUT2D eigenvalue weighted by atomic mass is 16.8. The SMILES string of the molecule is O=C(O)[C@@]1(O)C[C@@H](O)[C@@H]2O[B-](O)(O)O[C@@H]2C1. The molecule has 1 aliphatic carbocycles. The number of carbonyl (C=O) groups is 1. The molecule has 0 bridgehead atoms. The van der Waals surface area contributed by atoms with Gasteiger partial charge in [0.2, 0.25) is 0 Å². The third kappa shape index (κ3) is 1.81. The molecule has 1 saturated carbocycles. The number of fused-ring (bicyclic) bond motifs is 1. The van der Waals surface area contributed by atoms with Gasteiger partial charge in [0.25, 0.3) is 0 Å². The second-order valence-electron chi connectivity index (χ2n) is 4.22. The summed E-state index contributed by atoms with van der Waals surface area (Å²) in [4.78, 5) is 10.8. The van der Waals surface area contributed by atoms with Gasteiger partial charge in [0.05, 0.1) is 12.2 Å². The summed E-state index contributed by atoms with van der Waals surface area (Å²) in [6, 6.07) is 0. The van der Waals surface area contributed by atoms with Crippen LogP contribution in [-0.2, 0) is 14.1 Å². The van der Waals surface area contributed by atoms with Gasteiger partial charge in [-0.1, -0.05) is 0 Å². The Labute approximate surface area is 90.1 Å². The summed E-state index contributed by atoms with van der Waals surface area (Å²) in [5, 5.41) is 46.2. The van der Waals surface area contributed by atoms with E-state index in [2.05, 4.69) is 9.31 Å². The second kappa shape index (κ2) is 3.39. The average Bonchev–Trinajstić information content (AvgIpc) is 2.39. The third-order valence-corrected chi connectivity index (χ3v) is 2.92. The van der Waals surface area contributed by atoms with Crippen LogP contribution in [0.3, 0.4) is 0 Å². The lowest BCUT2D eigenvalue weighted by atomic mass is 9.80. The van der Waals surface area contributed by atoms with Crippen molar-refractivity contribution in [2.24, 2.45) is 0 Å². The zero-order valence-corrected chi connectivity index (χ0v) is 8.18. The lowest BCUT2D eigenvalue weighted by Gasteiger charge is -2.39. The number of aliphatic hydroxyl groups is 2. The molecule has 2 aliphatic rings. The maximum atomic E-state index is 10.8. The summed E-state index contributed by atoms with van der Waals surface area (Å²) in [6.45, 7) is -3.49. The number of carboxylic acid groups (broad SMARTS) is 1. The molecular formula is C7H12BO8-. The van der Waals surface area contributed by atoms with Gasteiger partial charge in [-0.3, -0.25) is 0 Å². The highest BCUT2D eigenvalue weighted by molar-refractivity contribution is 6.51. The Morgan fingerprint density at radius 2 is 1.94 bits per heavy atom. The first kappa shape index (κ1) is 11.8. The van der Waals surface area contributed by atoms with Crippen LogP contribution in [0.1, 0.15) is 12.8 Å². The fraction of sp³-hybridized carbons (Fsp3) is 0.857. The number of aliphatic carboxylic acids is 1. The summed E-state index contributed by atoms with van der Waals surface area (Å²) in [5.41, 5.74) is -2.14. The molecule has 8 nitrogen and oxygen atoms in total. The molecule has 0 aromatic heterocycles. The lowest BCUT2D eigenvalue weighted by molar-refractivity contribution is -0.175. The predicted molar refractivity (Wildman–Crippen MR) is 47.8 cm³/mol. The van der Waals surface area contributed by atoms with Crippen LogP contribution < -0.4 is 0 Å². The van der Waals surface area contributed by atoms with Gasteiger partial charge in [0.15, 0.2) is 5.60 Å². The van der Waals surface area contributed by atoms with Crippen LogP contribution in [0.15, 0.2) is 0 Å². The molecule has 2 fully saturated rings. The van der Waals surface area contributed by atoms with E-state index in [1.165, 1.54) is 0 Å². The molecule has 0 aromatic carbocycles. The van der Waals surface area contributed by atoms with Crippen molar-refractivity contribution in [2.75, 3.05) is 0 Å². The minimum atomic E-state index is -3.49. The van der Waals surface area contributed by atoms with E-state index in [-0.39, 0.29) is 6.42 Å². The topological polar surface area (TPSA) is 137 Å². The third-order valence-electron chi connectivity index (χ3n) is 2.92. The van der Waals surface area contributed by atoms with Crippen LogP contribution in [0.2, 0.25) is 0 Å². The van der Waals surface area contributed by atoms with Gasteiger partial charge in [0.1, 0.15) is 0 Å². The first-order valence-electron chi connectivity index (χ1n) is 4.81. The molecule has 0 spiro atoms. The Morgan fingerprint density at radius 3 is 2.50 bits per heavy atom. The normalized spacial score (nSPS) is 46.4. The molecule has 92 valence electrons. The van der Waals surface area contributed by atoms with Crippen LogP contribution >= 0.6 is 0 Å². The van der Waals surface area contributed by atoms with Gasteiger partial charge in [-0.15, -0.1) is 0 Å². The minimum absolute atomic E-state index is 0.366. The molecule has 16 heavy (non-hydrogen) atoms. The minimum Gasteiger partial charge on any atom is -0.533 e. The Bertz CT molecular complexity index is 320. The first-order valence-corrected chi connectivity index (χ1v) is 4.81. The standard InChI is InChI=1S/C7H12BO8/c9-3-1-7(12,6(10)11)2-4-5(3)16-8(13,14)15-4/h3-5,9,12-14H,1-2H2,(H,10,11)/q-1/t3-,4-,5+,7-/m1/s1. The molecule has 0 unspecified atom stereocenters. The van der Waals surface area contributed by atoms with Gasteiger partial charge in [0, 0.05) is 18.9 Å². The molecule has 2 rings (SSSR count). The fourth-order valence-corrected chi connectivity index (χ4v) is 2.19. The maximum absolute atomic E-state index is 10.8. The van der Waals surface area contributed by atoms with Crippen molar-refractivity contribution in [3.63, 3.8) is 0 Å². The van der Waals surface area contributed by atoms with Gasteiger partial charge >= 0.3 is 12.9 Å². The predicted octanol–water partition coefficient (Wildman–Crippen LogP) is -2.84. The molecule has 4 atom stereocenters. The van der Waals surface area contributed by atoms with Crippen molar-refractivity contribution in [1.29, 1.82) is 0 Å². The maximum Gasteiger partial charge on any atom is 0.527 e. The largest absolute Gasteiger partial charge is 0.533 e. The lowest BCUT2D eigenvalue weighted by Crippen LogP contribution is -2.55. The molecule has 5 N–H and O–H groups in total. The molecule has 0 radical (unpaired) electrons. The summed E-state index contributed by atoms with van der Waals surface area (Å²) in [5.74, 6) is -1.49. The van der Waals surface area contributed by atoms with Gasteiger partial charge in [-0.25, -0.2) is 4.79 Å². The second-order valence-corrected chi connectivity index (χ2v) is 4.22. The monoisotopic (exact) mass is 235 g/mol. The van der Waals surface area contributed by atoms with E-state index in [1.807, 2.05) is 0 Å². The summed E-state index contributed by atoms with van der Waals surface area (Å²) < 4.78 is 9.27. The van der Waals surface area contributed by atoms with E-state index in [0.717, 1.165) is 0 Å². The van der Waals surface area contributed by atoms with Crippen molar-refractivity contribution in [3.8, 4) is 0 Å². The number of hydrogen-bond donors (Lipinski definition) is 5. The summed E-state index contributed by atoms with van der Waals surface area (Å²) >= 11 is 0. The molecule has 1 aliphatic heterocycles. The Morgan fingerprint density at radius 1 is 1.31 bits per heavy atom. The van der Waals surface area contributed by atoms with Crippen molar-refractivity contribution in [2.45, 2.75) is 36.8 Å². The number of carboxylic acids is 1. The van der Waals surface area contributed by atoms with Crippen LogP contribution in [0.4, 0.5) is 0 Å². The van der Waals surface area contributed by atoms with Crippen molar-refractivity contribution in [1.82, 2.24) is 0 Å². The van der Waals surface area contributed by atoms with E-state index < -0.39 is 43.3 Å². The molecule has 0 aromatic rings. The summed E-state index contributed by atoms with van der Waals surface area (Å²) in [7, 11) is 0. The molecule has 1 saturated heterocycles. The van der Waals surface area contributed by atoms with E-state index in [9.17, 15) is 15.0 Å². The Balaban J connectivity index is 2.19. The first-order chi connectivity index (χ1) is 7.23. The fourth-order valence-electron chi connectivity index (χ4n) is 2.19. The van der Waals surface area contributed by atoms with Crippen molar-refractivity contribution < 1.29 is 39.5 Å². The Hall–Kier alpha value is -0.705. The van der Waals surface area contributed by atoms with E-state index >= 15 is 0 Å². The smallest absolute Gasteiger partial charge is 0.527 e. The van der Waals surface area contributed by atoms with Gasteiger partial charge in [-0.2, -0.15) is 0 Å².